The zero-order valence-electron chi connectivity index (χ0n) is 13.7. The number of aliphatic imine (C=N–C) groups is 1. The topological polar surface area (TPSA) is 89.8 Å². The number of aliphatic hydroxyl groups is 1. The minimum atomic E-state index is -0.297. The number of β-amino-alcohol motifs (C(OH)–C–C–N with tert-alkyl or cyclic N) is 1. The van der Waals surface area contributed by atoms with Crippen LogP contribution in [0.1, 0.15) is 25.3 Å². The van der Waals surface area contributed by atoms with Crippen LogP contribution in [0.4, 0.5) is 5.82 Å². The highest BCUT2D eigenvalue weighted by molar-refractivity contribution is 5.90. The van der Waals surface area contributed by atoms with Gasteiger partial charge in [-0.2, -0.15) is 0 Å². The Morgan fingerprint density at radius 3 is 2.96 bits per heavy atom. The second kappa shape index (κ2) is 8.47. The molecule has 1 saturated heterocycles. The van der Waals surface area contributed by atoms with E-state index in [0.29, 0.717) is 25.3 Å². The summed E-state index contributed by atoms with van der Waals surface area (Å²) in [6.07, 6.45) is 2.47. The van der Waals surface area contributed by atoms with E-state index in [1.165, 1.54) is 0 Å². The molecule has 7 heteroatoms. The van der Waals surface area contributed by atoms with E-state index in [4.69, 9.17) is 0 Å². The molecule has 126 valence electrons. The molecule has 0 saturated carbocycles. The van der Waals surface area contributed by atoms with Gasteiger partial charge in [-0.1, -0.05) is 6.07 Å². The maximum Gasteiger partial charge on any atom is 0.227 e. The number of rotatable bonds is 5. The van der Waals surface area contributed by atoms with Crippen molar-refractivity contribution in [1.82, 2.24) is 15.2 Å². The Balaban J connectivity index is 1.82. The van der Waals surface area contributed by atoms with Gasteiger partial charge in [-0.3, -0.25) is 9.79 Å². The molecule has 0 spiro atoms. The summed E-state index contributed by atoms with van der Waals surface area (Å²) in [7, 11) is 0. The summed E-state index contributed by atoms with van der Waals surface area (Å²) >= 11 is 0. The molecule has 1 aromatic rings. The van der Waals surface area contributed by atoms with Gasteiger partial charge in [0.15, 0.2) is 5.96 Å². The fourth-order valence-corrected chi connectivity index (χ4v) is 2.37. The Morgan fingerprint density at radius 2 is 2.35 bits per heavy atom. The Hall–Kier alpha value is -2.15. The van der Waals surface area contributed by atoms with Crippen molar-refractivity contribution in [2.75, 3.05) is 31.5 Å². The number of aryl methyl sites for hydroxylation is 1. The van der Waals surface area contributed by atoms with Gasteiger partial charge in [0, 0.05) is 32.3 Å². The number of nitrogens with one attached hydrogen (secondary N) is 2. The number of aromatic nitrogens is 1. The zero-order valence-corrected chi connectivity index (χ0v) is 13.7. The third-order valence-corrected chi connectivity index (χ3v) is 3.58. The van der Waals surface area contributed by atoms with E-state index >= 15 is 0 Å². The molecule has 0 bridgehead atoms. The smallest absolute Gasteiger partial charge is 0.227 e. The number of guanidine groups is 1. The fourth-order valence-electron chi connectivity index (χ4n) is 2.37. The molecule has 1 amide bonds. The van der Waals surface area contributed by atoms with Crippen molar-refractivity contribution in [3.8, 4) is 0 Å². The monoisotopic (exact) mass is 319 g/mol. The second-order valence-corrected chi connectivity index (χ2v) is 5.64. The highest BCUT2D eigenvalue weighted by Gasteiger charge is 2.22. The van der Waals surface area contributed by atoms with E-state index in [1.54, 1.807) is 12.3 Å². The molecule has 23 heavy (non-hydrogen) atoms. The van der Waals surface area contributed by atoms with Crippen molar-refractivity contribution in [3.63, 3.8) is 0 Å². The molecule has 0 radical (unpaired) electrons. The number of likely N-dealkylation sites (tertiary alicyclic amines) is 1. The van der Waals surface area contributed by atoms with Gasteiger partial charge < -0.3 is 20.6 Å². The van der Waals surface area contributed by atoms with Crippen molar-refractivity contribution in [2.45, 2.75) is 32.8 Å². The van der Waals surface area contributed by atoms with Crippen molar-refractivity contribution in [2.24, 2.45) is 4.99 Å². The van der Waals surface area contributed by atoms with Crippen LogP contribution < -0.4 is 10.6 Å². The van der Waals surface area contributed by atoms with Crippen molar-refractivity contribution in [3.05, 3.63) is 23.9 Å². The molecule has 3 N–H and O–H groups in total. The summed E-state index contributed by atoms with van der Waals surface area (Å²) in [6.45, 7) is 6.47. The molecule has 0 unspecified atom stereocenters. The predicted molar refractivity (Wildman–Crippen MR) is 90.4 cm³/mol. The lowest BCUT2D eigenvalue weighted by atomic mass is 10.3. The Bertz CT molecular complexity index is 544. The third kappa shape index (κ3) is 5.52. The van der Waals surface area contributed by atoms with Crippen LogP contribution in [0.3, 0.4) is 0 Å². The standard InChI is InChI=1S/C16H25N5O2/c1-3-17-16(21-9-7-13(22)11-21)18-8-6-15(23)20-14-5-4-12(2)10-19-14/h4-5,10,13,22H,3,6-9,11H2,1-2H3,(H,17,18)(H,19,20,23)/t13-/m1/s1. The molecule has 1 atom stereocenters. The number of anilines is 1. The van der Waals surface area contributed by atoms with Crippen LogP contribution >= 0.6 is 0 Å². The molecule has 2 heterocycles. The average Bonchev–Trinajstić information content (AvgIpc) is 2.95. The Kier molecular flexibility index (Phi) is 6.34. The first-order chi connectivity index (χ1) is 11.1. The lowest BCUT2D eigenvalue weighted by Crippen LogP contribution is -2.40. The zero-order chi connectivity index (χ0) is 16.7. The van der Waals surface area contributed by atoms with Gasteiger partial charge in [-0.15, -0.1) is 0 Å². The molecule has 1 aromatic heterocycles. The minimum absolute atomic E-state index is 0.109. The van der Waals surface area contributed by atoms with E-state index in [0.717, 1.165) is 31.0 Å². The summed E-state index contributed by atoms with van der Waals surface area (Å²) in [4.78, 5) is 22.5. The van der Waals surface area contributed by atoms with Gasteiger partial charge in [-0.05, 0) is 31.9 Å². The highest BCUT2D eigenvalue weighted by Crippen LogP contribution is 2.09. The lowest BCUT2D eigenvalue weighted by Gasteiger charge is -2.20. The number of hydrogen-bond donors (Lipinski definition) is 3. The number of carbonyl (C=O) groups is 1. The van der Waals surface area contributed by atoms with Gasteiger partial charge in [-0.25, -0.2) is 4.98 Å². The fraction of sp³-hybridized carbons (Fsp3) is 0.562. The lowest BCUT2D eigenvalue weighted by molar-refractivity contribution is -0.116. The molecule has 1 aliphatic heterocycles. The first-order valence-electron chi connectivity index (χ1n) is 8.02. The second-order valence-electron chi connectivity index (χ2n) is 5.64. The Morgan fingerprint density at radius 1 is 1.52 bits per heavy atom. The van der Waals surface area contributed by atoms with Crippen LogP contribution in [0, 0.1) is 6.92 Å². The van der Waals surface area contributed by atoms with E-state index in [1.807, 2.05) is 24.8 Å². The highest BCUT2D eigenvalue weighted by atomic mass is 16.3. The van der Waals surface area contributed by atoms with Gasteiger partial charge in [0.05, 0.1) is 12.6 Å². The molecule has 7 nitrogen and oxygen atoms in total. The van der Waals surface area contributed by atoms with Crippen molar-refractivity contribution < 1.29 is 9.90 Å². The summed E-state index contributed by atoms with van der Waals surface area (Å²) in [6, 6.07) is 3.69. The molecule has 2 rings (SSSR count). The quantitative estimate of drug-likeness (QED) is 0.550. The summed E-state index contributed by atoms with van der Waals surface area (Å²) in [5, 5.41) is 15.6. The first kappa shape index (κ1) is 17.2. The van der Waals surface area contributed by atoms with E-state index in [2.05, 4.69) is 20.6 Å². The van der Waals surface area contributed by atoms with Crippen LogP contribution in [0.2, 0.25) is 0 Å². The molecular formula is C16H25N5O2. The maximum absolute atomic E-state index is 11.9. The summed E-state index contributed by atoms with van der Waals surface area (Å²) < 4.78 is 0. The molecular weight excluding hydrogens is 294 g/mol. The van der Waals surface area contributed by atoms with Gasteiger partial charge >= 0.3 is 0 Å². The largest absolute Gasteiger partial charge is 0.391 e. The summed E-state index contributed by atoms with van der Waals surface area (Å²) in [5.74, 6) is 1.20. The van der Waals surface area contributed by atoms with Crippen LogP contribution in [0.15, 0.2) is 23.3 Å². The van der Waals surface area contributed by atoms with Crippen LogP contribution in [-0.2, 0) is 4.79 Å². The molecule has 1 fully saturated rings. The third-order valence-electron chi connectivity index (χ3n) is 3.58. The van der Waals surface area contributed by atoms with Crippen LogP contribution in [0.25, 0.3) is 0 Å². The van der Waals surface area contributed by atoms with Crippen molar-refractivity contribution in [1.29, 1.82) is 0 Å². The number of nitrogens with zero attached hydrogens (tertiary/aromatic N) is 3. The van der Waals surface area contributed by atoms with Gasteiger partial charge in [0.1, 0.15) is 5.82 Å². The summed E-state index contributed by atoms with van der Waals surface area (Å²) in [5.41, 5.74) is 1.05. The minimum Gasteiger partial charge on any atom is -0.391 e. The first-order valence-corrected chi connectivity index (χ1v) is 8.02. The Labute approximate surface area is 136 Å². The van der Waals surface area contributed by atoms with E-state index < -0.39 is 0 Å². The predicted octanol–water partition coefficient (Wildman–Crippen LogP) is 0.751. The molecule has 1 aliphatic rings. The average molecular weight is 319 g/mol. The van der Waals surface area contributed by atoms with Crippen LogP contribution in [-0.4, -0.2) is 59.1 Å². The number of hydrogen-bond acceptors (Lipinski definition) is 4. The number of pyridine rings is 1. The molecule has 0 aromatic carbocycles. The number of amides is 1. The van der Waals surface area contributed by atoms with Crippen LogP contribution in [0.5, 0.6) is 0 Å². The number of aliphatic hydroxyl groups excluding tert-OH is 1. The van der Waals surface area contributed by atoms with E-state index in [-0.39, 0.29) is 12.0 Å². The van der Waals surface area contributed by atoms with Gasteiger partial charge in [0.2, 0.25) is 5.91 Å². The van der Waals surface area contributed by atoms with E-state index in [9.17, 15) is 9.90 Å². The maximum atomic E-state index is 11.9. The normalized spacial score (nSPS) is 18.1. The molecule has 0 aliphatic carbocycles. The van der Waals surface area contributed by atoms with Gasteiger partial charge in [0.25, 0.3) is 0 Å². The van der Waals surface area contributed by atoms with Crippen molar-refractivity contribution >= 4 is 17.7 Å². The SMILES string of the molecule is CCNC(=NCCC(=O)Nc1ccc(C)cn1)N1CC[C@@H](O)C1. The number of carbonyl (C=O) groups excluding carboxylic acids is 1.